The first-order valence-electron chi connectivity index (χ1n) is 8.22. The van der Waals surface area contributed by atoms with Crippen LogP contribution in [-0.4, -0.2) is 25.1 Å². The quantitative estimate of drug-likeness (QED) is 0.552. The van der Waals surface area contributed by atoms with Gasteiger partial charge in [-0.25, -0.2) is 4.98 Å². The zero-order valence-corrected chi connectivity index (χ0v) is 15.6. The van der Waals surface area contributed by atoms with Gasteiger partial charge in [-0.15, -0.1) is 11.3 Å². The van der Waals surface area contributed by atoms with E-state index in [-0.39, 0.29) is 5.91 Å². The fraction of sp³-hybridized carbons (Fsp3) is 0.100. The Morgan fingerprint density at radius 2 is 1.93 bits per heavy atom. The minimum Gasteiger partial charge on any atom is -0.497 e. The number of amides is 1. The summed E-state index contributed by atoms with van der Waals surface area (Å²) < 4.78 is 10.5. The zero-order chi connectivity index (χ0) is 19.0. The number of nitrogens with zero attached hydrogens (tertiary/aromatic N) is 1. The van der Waals surface area contributed by atoms with Crippen LogP contribution in [0.15, 0.2) is 48.5 Å². The first-order chi connectivity index (χ1) is 13.1. The molecule has 0 aliphatic heterocycles. The third-order valence-corrected chi connectivity index (χ3v) is 5.40. The van der Waals surface area contributed by atoms with Crippen molar-refractivity contribution in [2.75, 3.05) is 25.3 Å². The average Bonchev–Trinajstić information content (AvgIpc) is 3.02. The van der Waals surface area contributed by atoms with Crippen molar-refractivity contribution in [1.29, 1.82) is 0 Å². The summed E-state index contributed by atoms with van der Waals surface area (Å²) in [6.45, 7) is 0. The number of ether oxygens (including phenoxy) is 2. The maximum Gasteiger partial charge on any atom is 0.268 e. The maximum absolute atomic E-state index is 12.8. The number of anilines is 2. The predicted octanol–water partition coefficient (Wildman–Crippen LogP) is 4.30. The SMILES string of the molecule is COc1ccc2cc3c(N)c(C(=O)Nc4ccccc4OC)sc3nc2c1. The number of thiophene rings is 1. The molecule has 0 saturated carbocycles. The van der Waals surface area contributed by atoms with Crippen LogP contribution in [0.25, 0.3) is 21.1 Å². The Hall–Kier alpha value is -3.32. The number of hydrogen-bond acceptors (Lipinski definition) is 6. The van der Waals surface area contributed by atoms with Gasteiger partial charge in [-0.2, -0.15) is 0 Å². The molecule has 0 aliphatic carbocycles. The molecule has 2 aromatic carbocycles. The van der Waals surface area contributed by atoms with Crippen LogP contribution < -0.4 is 20.5 Å². The summed E-state index contributed by atoms with van der Waals surface area (Å²) in [5.41, 5.74) is 8.07. The molecule has 2 heterocycles. The van der Waals surface area contributed by atoms with Crippen LogP contribution in [0.2, 0.25) is 0 Å². The molecule has 6 nitrogen and oxygen atoms in total. The Morgan fingerprint density at radius 1 is 1.11 bits per heavy atom. The Balaban J connectivity index is 1.76. The van der Waals surface area contributed by atoms with E-state index in [0.29, 0.717) is 26.8 Å². The number of hydrogen-bond donors (Lipinski definition) is 2. The molecule has 0 atom stereocenters. The topological polar surface area (TPSA) is 86.5 Å². The molecule has 0 fully saturated rings. The van der Waals surface area contributed by atoms with Gasteiger partial charge in [-0.1, -0.05) is 12.1 Å². The van der Waals surface area contributed by atoms with E-state index in [4.69, 9.17) is 15.2 Å². The minimum absolute atomic E-state index is 0.290. The summed E-state index contributed by atoms with van der Waals surface area (Å²) in [6, 6.07) is 14.8. The normalized spacial score (nSPS) is 10.9. The number of benzene rings is 2. The third-order valence-electron chi connectivity index (χ3n) is 4.28. The molecule has 0 spiro atoms. The monoisotopic (exact) mass is 379 g/mol. The largest absolute Gasteiger partial charge is 0.497 e. The fourth-order valence-corrected chi connectivity index (χ4v) is 3.88. The second kappa shape index (κ2) is 6.77. The van der Waals surface area contributed by atoms with Crippen LogP contribution in [0, 0.1) is 0 Å². The number of para-hydroxylation sites is 2. The highest BCUT2D eigenvalue weighted by atomic mass is 32.1. The van der Waals surface area contributed by atoms with Crippen molar-refractivity contribution >= 4 is 49.7 Å². The second-order valence-corrected chi connectivity index (χ2v) is 6.90. The molecule has 4 rings (SSSR count). The van der Waals surface area contributed by atoms with E-state index in [0.717, 1.165) is 22.0 Å². The summed E-state index contributed by atoms with van der Waals surface area (Å²) in [5, 5.41) is 4.56. The lowest BCUT2D eigenvalue weighted by molar-refractivity contribution is 0.103. The number of methoxy groups -OCH3 is 2. The van der Waals surface area contributed by atoms with Gasteiger partial charge < -0.3 is 20.5 Å². The fourth-order valence-electron chi connectivity index (χ4n) is 2.90. The lowest BCUT2D eigenvalue weighted by Gasteiger charge is -2.09. The summed E-state index contributed by atoms with van der Waals surface area (Å²) >= 11 is 1.26. The lowest BCUT2D eigenvalue weighted by Crippen LogP contribution is -2.12. The minimum atomic E-state index is -0.290. The molecule has 7 heteroatoms. The highest BCUT2D eigenvalue weighted by molar-refractivity contribution is 7.21. The molecule has 4 aromatic rings. The summed E-state index contributed by atoms with van der Waals surface area (Å²) in [5.74, 6) is 1.02. The van der Waals surface area contributed by atoms with Crippen molar-refractivity contribution < 1.29 is 14.3 Å². The van der Waals surface area contributed by atoms with Crippen molar-refractivity contribution in [1.82, 2.24) is 4.98 Å². The highest BCUT2D eigenvalue weighted by Gasteiger charge is 2.19. The maximum atomic E-state index is 12.8. The molecule has 0 aliphatic rings. The molecule has 0 radical (unpaired) electrons. The Labute approximate surface area is 159 Å². The molecule has 2 aromatic heterocycles. The van der Waals surface area contributed by atoms with E-state index in [1.54, 1.807) is 26.4 Å². The number of rotatable bonds is 4. The summed E-state index contributed by atoms with van der Waals surface area (Å²) in [4.78, 5) is 18.6. The van der Waals surface area contributed by atoms with Crippen LogP contribution in [0.1, 0.15) is 9.67 Å². The number of fused-ring (bicyclic) bond motifs is 2. The molecule has 3 N–H and O–H groups in total. The van der Waals surface area contributed by atoms with Crippen molar-refractivity contribution in [3.05, 3.63) is 53.4 Å². The Kier molecular flexibility index (Phi) is 4.29. The van der Waals surface area contributed by atoms with E-state index >= 15 is 0 Å². The predicted molar refractivity (Wildman–Crippen MR) is 109 cm³/mol. The van der Waals surface area contributed by atoms with Gasteiger partial charge in [-0.05, 0) is 30.3 Å². The van der Waals surface area contributed by atoms with Crippen molar-refractivity contribution in [3.63, 3.8) is 0 Å². The number of nitrogen functional groups attached to an aromatic ring is 1. The highest BCUT2D eigenvalue weighted by Crippen LogP contribution is 2.36. The molecular formula is C20H17N3O3S. The van der Waals surface area contributed by atoms with Gasteiger partial charge >= 0.3 is 0 Å². The molecule has 0 bridgehead atoms. The lowest BCUT2D eigenvalue weighted by atomic mass is 10.1. The summed E-state index contributed by atoms with van der Waals surface area (Å²) in [7, 11) is 3.17. The molecule has 1 amide bonds. The third kappa shape index (κ3) is 3.02. The number of nitrogens with one attached hydrogen (secondary N) is 1. The van der Waals surface area contributed by atoms with Crippen LogP contribution in [0.3, 0.4) is 0 Å². The zero-order valence-electron chi connectivity index (χ0n) is 14.8. The second-order valence-electron chi connectivity index (χ2n) is 5.90. The molecule has 0 unspecified atom stereocenters. The van der Waals surface area contributed by atoms with Gasteiger partial charge in [0.25, 0.3) is 5.91 Å². The molecule has 136 valence electrons. The van der Waals surface area contributed by atoms with Gasteiger partial charge in [0.15, 0.2) is 0 Å². The van der Waals surface area contributed by atoms with E-state index in [1.807, 2.05) is 36.4 Å². The molecular weight excluding hydrogens is 362 g/mol. The van der Waals surface area contributed by atoms with Gasteiger partial charge in [-0.3, -0.25) is 4.79 Å². The first-order valence-corrected chi connectivity index (χ1v) is 9.03. The van der Waals surface area contributed by atoms with E-state index in [9.17, 15) is 4.79 Å². The van der Waals surface area contributed by atoms with Gasteiger partial charge in [0.2, 0.25) is 0 Å². The van der Waals surface area contributed by atoms with Crippen LogP contribution in [-0.2, 0) is 0 Å². The number of pyridine rings is 1. The average molecular weight is 379 g/mol. The van der Waals surface area contributed by atoms with E-state index < -0.39 is 0 Å². The molecule has 27 heavy (non-hydrogen) atoms. The van der Waals surface area contributed by atoms with Crippen molar-refractivity contribution in [2.45, 2.75) is 0 Å². The van der Waals surface area contributed by atoms with Gasteiger partial charge in [0.05, 0.1) is 31.1 Å². The van der Waals surface area contributed by atoms with Crippen LogP contribution >= 0.6 is 11.3 Å². The van der Waals surface area contributed by atoms with Crippen molar-refractivity contribution in [2.24, 2.45) is 0 Å². The van der Waals surface area contributed by atoms with E-state index in [1.165, 1.54) is 11.3 Å². The van der Waals surface area contributed by atoms with Crippen molar-refractivity contribution in [3.8, 4) is 11.5 Å². The molecule has 0 saturated heterocycles. The Bertz CT molecular complexity index is 1170. The Morgan fingerprint density at radius 3 is 2.70 bits per heavy atom. The summed E-state index contributed by atoms with van der Waals surface area (Å²) in [6.07, 6.45) is 0. The number of nitrogens with two attached hydrogens (primary N) is 1. The standard InChI is InChI=1S/C20H17N3O3S/c1-25-12-8-7-11-9-13-17(21)18(27-20(13)23-15(11)10-12)19(24)22-14-5-3-4-6-16(14)26-2/h3-10H,21H2,1-2H3,(H,22,24). The van der Waals surface area contributed by atoms with Crippen LogP contribution in [0.4, 0.5) is 11.4 Å². The number of aromatic nitrogens is 1. The van der Waals surface area contributed by atoms with E-state index in [2.05, 4.69) is 10.3 Å². The number of carbonyl (C=O) groups excluding carboxylic acids is 1. The number of carbonyl (C=O) groups is 1. The smallest absolute Gasteiger partial charge is 0.268 e. The van der Waals surface area contributed by atoms with Gasteiger partial charge in [0.1, 0.15) is 21.2 Å². The first kappa shape index (κ1) is 17.1. The van der Waals surface area contributed by atoms with Crippen LogP contribution in [0.5, 0.6) is 11.5 Å². The van der Waals surface area contributed by atoms with Gasteiger partial charge in [0, 0.05) is 16.8 Å².